The third-order valence-corrected chi connectivity index (χ3v) is 5.00. The summed E-state index contributed by atoms with van der Waals surface area (Å²) in [6.45, 7) is 4.44. The van der Waals surface area contributed by atoms with E-state index in [2.05, 4.69) is 41.9 Å². The fourth-order valence-electron chi connectivity index (χ4n) is 1.69. The summed E-state index contributed by atoms with van der Waals surface area (Å²) < 4.78 is 0. The van der Waals surface area contributed by atoms with Gasteiger partial charge in [0, 0.05) is 14.6 Å². The van der Waals surface area contributed by atoms with Gasteiger partial charge in [-0.2, -0.15) is 0 Å². The third-order valence-electron chi connectivity index (χ3n) is 2.63. The molecule has 0 amide bonds. The van der Waals surface area contributed by atoms with Crippen molar-refractivity contribution in [2.24, 2.45) is 0 Å². The summed E-state index contributed by atoms with van der Waals surface area (Å²) in [6.07, 6.45) is 8.16. The van der Waals surface area contributed by atoms with Crippen LogP contribution in [0.1, 0.15) is 60.0 Å². The molecule has 15 heavy (non-hydrogen) atoms. The van der Waals surface area contributed by atoms with Gasteiger partial charge in [-0.25, -0.2) is 0 Å². The summed E-state index contributed by atoms with van der Waals surface area (Å²) in [4.78, 5) is 3.49. The van der Waals surface area contributed by atoms with Crippen molar-refractivity contribution < 1.29 is 0 Å². The number of thiophene rings is 1. The highest BCUT2D eigenvalue weighted by Gasteiger charge is 2.08. The number of hydrogen-bond donors (Lipinski definition) is 0. The topological polar surface area (TPSA) is 0 Å². The molecule has 0 aliphatic heterocycles. The minimum atomic E-state index is 0.581. The van der Waals surface area contributed by atoms with Crippen LogP contribution in [0.4, 0.5) is 0 Å². The maximum atomic E-state index is 3.78. The Hall–Kier alpha value is 0.180. The van der Waals surface area contributed by atoms with Crippen LogP contribution in [0.2, 0.25) is 0 Å². The molecule has 86 valence electrons. The molecular formula is C13H21BrS. The van der Waals surface area contributed by atoms with Gasteiger partial charge in [-0.1, -0.05) is 55.0 Å². The number of unbranched alkanes of at least 4 members (excludes halogenated alkanes) is 4. The lowest BCUT2D eigenvalue weighted by atomic mass is 10.1. The summed E-state index contributed by atoms with van der Waals surface area (Å²) in [7, 11) is 0. The number of halogens is 1. The van der Waals surface area contributed by atoms with Gasteiger partial charge >= 0.3 is 0 Å². The van der Waals surface area contributed by atoms with Crippen molar-refractivity contribution in [3.8, 4) is 0 Å². The van der Waals surface area contributed by atoms with Crippen molar-refractivity contribution in [1.82, 2.24) is 0 Å². The molecule has 1 aromatic heterocycles. The smallest absolute Gasteiger partial charge is 0.0489 e. The average Bonchev–Trinajstić information content (AvgIpc) is 2.64. The highest BCUT2D eigenvalue weighted by molar-refractivity contribution is 9.09. The summed E-state index contributed by atoms with van der Waals surface area (Å²) in [6, 6.07) is 4.47. The largest absolute Gasteiger partial charge is 0.145 e. The first-order valence-electron chi connectivity index (χ1n) is 5.94. The van der Waals surface area contributed by atoms with Crippen LogP contribution in [-0.2, 0) is 0 Å². The van der Waals surface area contributed by atoms with Crippen molar-refractivity contribution in [3.63, 3.8) is 0 Å². The standard InChI is InChI=1S/C13H21BrS/c1-3-4-5-6-7-8-12(14)13-10-9-11(2)15-13/h9-10,12H,3-8H2,1-2H3. The maximum Gasteiger partial charge on any atom is 0.0489 e. The Bertz CT molecular complexity index is 267. The van der Waals surface area contributed by atoms with Gasteiger partial charge in [0.2, 0.25) is 0 Å². The second kappa shape index (κ2) is 7.45. The molecule has 0 radical (unpaired) electrons. The number of alkyl halides is 1. The minimum absolute atomic E-state index is 0.581. The van der Waals surface area contributed by atoms with Crippen LogP contribution in [0, 0.1) is 6.92 Å². The maximum absolute atomic E-state index is 3.78. The molecule has 0 aliphatic rings. The summed E-state index contributed by atoms with van der Waals surface area (Å²) in [5.41, 5.74) is 0. The summed E-state index contributed by atoms with van der Waals surface area (Å²) >= 11 is 5.70. The highest BCUT2D eigenvalue weighted by Crippen LogP contribution is 2.33. The van der Waals surface area contributed by atoms with E-state index < -0.39 is 0 Å². The zero-order valence-electron chi connectivity index (χ0n) is 9.76. The van der Waals surface area contributed by atoms with E-state index in [0.717, 1.165) is 0 Å². The van der Waals surface area contributed by atoms with Crippen LogP contribution in [0.5, 0.6) is 0 Å². The Balaban J connectivity index is 2.16. The molecule has 0 N–H and O–H groups in total. The Morgan fingerprint density at radius 2 is 1.93 bits per heavy atom. The number of hydrogen-bond acceptors (Lipinski definition) is 1. The van der Waals surface area contributed by atoms with Gasteiger partial charge in [0.25, 0.3) is 0 Å². The molecule has 1 heterocycles. The first kappa shape index (κ1) is 13.2. The lowest BCUT2D eigenvalue weighted by molar-refractivity contribution is 0.607. The Morgan fingerprint density at radius 1 is 1.20 bits per heavy atom. The molecule has 0 saturated carbocycles. The fourth-order valence-corrected chi connectivity index (χ4v) is 3.34. The Labute approximate surface area is 106 Å². The molecule has 0 saturated heterocycles. The van der Waals surface area contributed by atoms with Gasteiger partial charge in [-0.3, -0.25) is 0 Å². The number of rotatable bonds is 7. The van der Waals surface area contributed by atoms with Crippen molar-refractivity contribution in [2.75, 3.05) is 0 Å². The van der Waals surface area contributed by atoms with Gasteiger partial charge in [0.1, 0.15) is 0 Å². The number of aryl methyl sites for hydroxylation is 1. The normalized spacial score (nSPS) is 13.0. The summed E-state index contributed by atoms with van der Waals surface area (Å²) in [5.74, 6) is 0. The lowest BCUT2D eigenvalue weighted by Gasteiger charge is -2.06. The first-order chi connectivity index (χ1) is 7.24. The van der Waals surface area contributed by atoms with Gasteiger partial charge < -0.3 is 0 Å². The van der Waals surface area contributed by atoms with E-state index in [9.17, 15) is 0 Å². The van der Waals surface area contributed by atoms with Crippen LogP contribution in [0.3, 0.4) is 0 Å². The molecule has 1 atom stereocenters. The van der Waals surface area contributed by atoms with E-state index in [0.29, 0.717) is 4.83 Å². The second-order valence-electron chi connectivity index (χ2n) is 4.12. The molecule has 0 bridgehead atoms. The van der Waals surface area contributed by atoms with Crippen LogP contribution < -0.4 is 0 Å². The highest BCUT2D eigenvalue weighted by atomic mass is 79.9. The van der Waals surface area contributed by atoms with Crippen LogP contribution >= 0.6 is 27.3 Å². The predicted molar refractivity (Wildman–Crippen MR) is 74.1 cm³/mol. The minimum Gasteiger partial charge on any atom is -0.145 e. The first-order valence-corrected chi connectivity index (χ1v) is 7.67. The van der Waals surface area contributed by atoms with Crippen LogP contribution in [0.25, 0.3) is 0 Å². The van der Waals surface area contributed by atoms with Gasteiger partial charge in [-0.05, 0) is 25.5 Å². The Morgan fingerprint density at radius 3 is 2.53 bits per heavy atom. The van der Waals surface area contributed by atoms with Gasteiger partial charge in [0.05, 0.1) is 0 Å². The molecule has 0 fully saturated rings. The van der Waals surface area contributed by atoms with Crippen molar-refractivity contribution >= 4 is 27.3 Å². The van der Waals surface area contributed by atoms with E-state index >= 15 is 0 Å². The van der Waals surface area contributed by atoms with Crippen LogP contribution in [0.15, 0.2) is 12.1 Å². The zero-order chi connectivity index (χ0) is 11.1. The van der Waals surface area contributed by atoms with Gasteiger partial charge in [0.15, 0.2) is 0 Å². The zero-order valence-corrected chi connectivity index (χ0v) is 12.2. The fraction of sp³-hybridized carbons (Fsp3) is 0.692. The Kier molecular flexibility index (Phi) is 6.58. The molecule has 2 heteroatoms. The summed E-state index contributed by atoms with van der Waals surface area (Å²) in [5, 5.41) is 0. The second-order valence-corrected chi connectivity index (χ2v) is 6.54. The van der Waals surface area contributed by atoms with E-state index in [1.165, 1.54) is 48.3 Å². The molecule has 1 rings (SSSR count). The quantitative estimate of drug-likeness (QED) is 0.436. The van der Waals surface area contributed by atoms with Crippen molar-refractivity contribution in [2.45, 2.75) is 57.2 Å². The van der Waals surface area contributed by atoms with E-state index in [4.69, 9.17) is 0 Å². The van der Waals surface area contributed by atoms with Crippen molar-refractivity contribution in [1.29, 1.82) is 0 Å². The van der Waals surface area contributed by atoms with E-state index in [1.807, 2.05) is 11.3 Å². The SMILES string of the molecule is CCCCCCCC(Br)c1ccc(C)s1. The molecule has 0 aromatic carbocycles. The van der Waals surface area contributed by atoms with Crippen molar-refractivity contribution in [3.05, 3.63) is 21.9 Å². The molecule has 1 unspecified atom stereocenters. The molecule has 1 aromatic rings. The predicted octanol–water partition coefficient (Wildman–Crippen LogP) is 5.85. The van der Waals surface area contributed by atoms with E-state index in [-0.39, 0.29) is 0 Å². The van der Waals surface area contributed by atoms with E-state index in [1.54, 1.807) is 0 Å². The monoisotopic (exact) mass is 288 g/mol. The third kappa shape index (κ3) is 5.17. The van der Waals surface area contributed by atoms with Crippen LogP contribution in [-0.4, -0.2) is 0 Å². The molecule has 0 spiro atoms. The van der Waals surface area contributed by atoms with Gasteiger partial charge in [-0.15, -0.1) is 11.3 Å². The average molecular weight is 289 g/mol. The molecule has 0 aliphatic carbocycles. The lowest BCUT2D eigenvalue weighted by Crippen LogP contribution is -1.86. The molecular weight excluding hydrogens is 268 g/mol. The molecule has 0 nitrogen and oxygen atoms in total.